The Bertz CT molecular complexity index is 450. The fourth-order valence-electron chi connectivity index (χ4n) is 1.52. The van der Waals surface area contributed by atoms with E-state index >= 15 is 0 Å². The highest BCUT2D eigenvalue weighted by atomic mass is 35.5. The summed E-state index contributed by atoms with van der Waals surface area (Å²) in [5.41, 5.74) is 0. The predicted octanol–water partition coefficient (Wildman–Crippen LogP) is 5.23. The molecular weight excluding hydrogens is 358 g/mol. The first-order valence-corrected chi connectivity index (χ1v) is 7.92. The van der Waals surface area contributed by atoms with Crippen molar-refractivity contribution >= 4 is 46.4 Å². The van der Waals surface area contributed by atoms with Crippen LogP contribution >= 0.6 is 46.4 Å². The summed E-state index contributed by atoms with van der Waals surface area (Å²) >= 11 is 23.2. The molecule has 0 aliphatic carbocycles. The number of hydrogen-bond acceptors (Lipinski definition) is 3. The van der Waals surface area contributed by atoms with Gasteiger partial charge < -0.3 is 14.6 Å². The highest BCUT2D eigenvalue weighted by Gasteiger charge is 2.10. The third kappa shape index (κ3) is 7.48. The Morgan fingerprint density at radius 1 is 1.05 bits per heavy atom. The van der Waals surface area contributed by atoms with Gasteiger partial charge in [0, 0.05) is 18.7 Å². The van der Waals surface area contributed by atoms with E-state index in [-0.39, 0.29) is 17.7 Å². The van der Waals surface area contributed by atoms with Crippen molar-refractivity contribution in [2.24, 2.45) is 0 Å². The van der Waals surface area contributed by atoms with Gasteiger partial charge in [0.15, 0.2) is 5.75 Å². The molecule has 118 valence electrons. The normalized spacial score (nSPS) is 10.3. The van der Waals surface area contributed by atoms with Crippen LogP contribution in [0.5, 0.6) is 11.5 Å². The molecule has 3 nitrogen and oxygen atoms in total. The number of ether oxygens (including phenoxy) is 2. The van der Waals surface area contributed by atoms with Crippen molar-refractivity contribution in [2.45, 2.75) is 19.3 Å². The third-order valence-corrected chi connectivity index (χ3v) is 3.38. The topological polar surface area (TPSA) is 38.7 Å². The van der Waals surface area contributed by atoms with Crippen molar-refractivity contribution in [1.29, 1.82) is 0 Å². The van der Waals surface area contributed by atoms with E-state index in [0.29, 0.717) is 28.2 Å². The average molecular weight is 374 g/mol. The summed E-state index contributed by atoms with van der Waals surface area (Å²) in [7, 11) is 0. The van der Waals surface area contributed by atoms with Gasteiger partial charge in [-0.3, -0.25) is 0 Å². The van der Waals surface area contributed by atoms with Crippen LogP contribution in [0.4, 0.5) is 0 Å². The van der Waals surface area contributed by atoms with Gasteiger partial charge in [0.25, 0.3) is 0 Å². The molecule has 0 aromatic heterocycles. The Balaban J connectivity index is 2.56. The van der Waals surface area contributed by atoms with Gasteiger partial charge in [-0.15, -0.1) is 0 Å². The minimum Gasteiger partial charge on any atom is -0.490 e. The van der Waals surface area contributed by atoms with Crippen LogP contribution in [0.2, 0.25) is 10.0 Å². The van der Waals surface area contributed by atoms with Gasteiger partial charge in [-0.05, 0) is 25.3 Å². The molecule has 7 heteroatoms. The van der Waals surface area contributed by atoms with Gasteiger partial charge in [0.05, 0.1) is 16.7 Å². The zero-order valence-electron chi connectivity index (χ0n) is 11.3. The van der Waals surface area contributed by atoms with Crippen LogP contribution in [-0.4, -0.2) is 24.9 Å². The number of aliphatic hydroxyl groups is 1. The van der Waals surface area contributed by atoms with Crippen molar-refractivity contribution in [3.63, 3.8) is 0 Å². The fraction of sp³-hybridized carbons (Fsp3) is 0.429. The van der Waals surface area contributed by atoms with Crippen molar-refractivity contribution < 1.29 is 14.6 Å². The molecule has 0 spiro atoms. The molecule has 0 bridgehead atoms. The van der Waals surface area contributed by atoms with E-state index in [0.717, 1.165) is 19.3 Å². The molecule has 0 amide bonds. The average Bonchev–Trinajstić information content (AvgIpc) is 2.40. The van der Waals surface area contributed by atoms with Crippen LogP contribution in [0.15, 0.2) is 22.7 Å². The first kappa shape index (κ1) is 18.7. The lowest BCUT2D eigenvalue weighted by molar-refractivity contribution is 0.266. The largest absolute Gasteiger partial charge is 0.490 e. The fourth-order valence-corrected chi connectivity index (χ4v) is 2.23. The maximum atomic E-state index is 8.69. The van der Waals surface area contributed by atoms with Gasteiger partial charge in [-0.2, -0.15) is 0 Å². The van der Waals surface area contributed by atoms with Crippen LogP contribution in [0.1, 0.15) is 19.3 Å². The standard InChI is InChI=1S/C14H16Cl4O3/c15-11-8-10(20-7-4-13(17)18)9-12(16)14(11)21-6-3-1-2-5-19/h4,8-9,19H,1-3,5-7H2. The molecule has 0 radical (unpaired) electrons. The molecule has 0 unspecified atom stereocenters. The summed E-state index contributed by atoms with van der Waals surface area (Å²) in [6, 6.07) is 3.24. The Morgan fingerprint density at radius 3 is 2.29 bits per heavy atom. The van der Waals surface area contributed by atoms with Gasteiger partial charge >= 0.3 is 0 Å². The molecule has 0 saturated carbocycles. The van der Waals surface area contributed by atoms with Crippen molar-refractivity contribution in [3.8, 4) is 11.5 Å². The molecule has 0 fully saturated rings. The van der Waals surface area contributed by atoms with E-state index in [1.165, 1.54) is 6.08 Å². The van der Waals surface area contributed by atoms with Crippen molar-refractivity contribution in [3.05, 3.63) is 32.7 Å². The summed E-state index contributed by atoms with van der Waals surface area (Å²) in [4.78, 5) is 0. The van der Waals surface area contributed by atoms with Gasteiger partial charge in [-0.1, -0.05) is 46.4 Å². The summed E-state index contributed by atoms with van der Waals surface area (Å²) < 4.78 is 11.1. The van der Waals surface area contributed by atoms with E-state index in [1.807, 2.05) is 0 Å². The zero-order chi connectivity index (χ0) is 15.7. The maximum Gasteiger partial charge on any atom is 0.156 e. The Morgan fingerprint density at radius 2 is 1.71 bits per heavy atom. The summed E-state index contributed by atoms with van der Waals surface area (Å²) in [5.74, 6) is 0.934. The zero-order valence-corrected chi connectivity index (χ0v) is 14.3. The second-order valence-corrected chi connectivity index (χ2v) is 5.98. The SMILES string of the molecule is OCCCCCOc1c(Cl)cc(OCC=C(Cl)Cl)cc1Cl. The van der Waals surface area contributed by atoms with Crippen LogP contribution in [0.25, 0.3) is 0 Å². The number of rotatable bonds is 9. The van der Waals surface area contributed by atoms with Gasteiger partial charge in [-0.25, -0.2) is 0 Å². The van der Waals surface area contributed by atoms with Gasteiger partial charge in [0.2, 0.25) is 0 Å². The second-order valence-electron chi connectivity index (χ2n) is 4.15. The van der Waals surface area contributed by atoms with E-state index in [9.17, 15) is 0 Å². The number of aliphatic hydroxyl groups excluding tert-OH is 1. The molecule has 0 aliphatic heterocycles. The molecule has 0 atom stereocenters. The molecule has 1 aromatic carbocycles. The molecule has 1 rings (SSSR count). The first-order chi connectivity index (χ1) is 10.0. The molecule has 1 N–H and O–H groups in total. The lowest BCUT2D eigenvalue weighted by atomic mass is 10.2. The second kappa shape index (κ2) is 10.4. The van der Waals surface area contributed by atoms with E-state index in [4.69, 9.17) is 61.0 Å². The molecule has 0 heterocycles. The van der Waals surface area contributed by atoms with E-state index < -0.39 is 0 Å². The molecular formula is C14H16Cl4O3. The number of benzene rings is 1. The smallest absolute Gasteiger partial charge is 0.156 e. The Hall–Kier alpha value is -0.320. The number of halogens is 4. The Labute approximate surface area is 144 Å². The van der Waals surface area contributed by atoms with Crippen LogP contribution in [0, 0.1) is 0 Å². The molecule has 0 aliphatic rings. The minimum absolute atomic E-state index is 0.134. The van der Waals surface area contributed by atoms with Crippen LogP contribution in [-0.2, 0) is 0 Å². The maximum absolute atomic E-state index is 8.69. The van der Waals surface area contributed by atoms with Gasteiger partial charge in [0.1, 0.15) is 16.8 Å². The number of hydrogen-bond donors (Lipinski definition) is 1. The van der Waals surface area contributed by atoms with Crippen molar-refractivity contribution in [1.82, 2.24) is 0 Å². The monoisotopic (exact) mass is 372 g/mol. The molecule has 21 heavy (non-hydrogen) atoms. The van der Waals surface area contributed by atoms with Crippen LogP contribution < -0.4 is 9.47 Å². The highest BCUT2D eigenvalue weighted by Crippen LogP contribution is 2.37. The highest BCUT2D eigenvalue weighted by molar-refractivity contribution is 6.55. The predicted molar refractivity (Wildman–Crippen MR) is 88.2 cm³/mol. The lowest BCUT2D eigenvalue weighted by Crippen LogP contribution is -2.00. The molecule has 0 saturated heterocycles. The number of unbranched alkanes of at least 4 members (excludes halogenated alkanes) is 2. The summed E-state index contributed by atoms with van der Waals surface area (Å²) in [6.45, 7) is 0.898. The Kier molecular flexibility index (Phi) is 9.29. The van der Waals surface area contributed by atoms with Crippen molar-refractivity contribution in [2.75, 3.05) is 19.8 Å². The summed E-state index contributed by atoms with van der Waals surface area (Å²) in [5, 5.41) is 9.44. The lowest BCUT2D eigenvalue weighted by Gasteiger charge is -2.12. The first-order valence-electron chi connectivity index (χ1n) is 6.41. The van der Waals surface area contributed by atoms with E-state index in [2.05, 4.69) is 0 Å². The molecule has 1 aromatic rings. The van der Waals surface area contributed by atoms with E-state index in [1.54, 1.807) is 12.1 Å². The third-order valence-electron chi connectivity index (χ3n) is 2.51. The van der Waals surface area contributed by atoms with Crippen LogP contribution in [0.3, 0.4) is 0 Å². The quantitative estimate of drug-likeness (QED) is 0.602. The minimum atomic E-state index is 0.134. The summed E-state index contributed by atoms with van der Waals surface area (Å²) in [6.07, 6.45) is 3.98.